The van der Waals surface area contributed by atoms with E-state index in [9.17, 15) is 21.6 Å². The topological polar surface area (TPSA) is 55.4 Å². The molecule has 28 heavy (non-hydrogen) atoms. The van der Waals surface area contributed by atoms with Crippen LogP contribution in [-0.4, -0.2) is 14.8 Å². The number of rotatable bonds is 5. The van der Waals surface area contributed by atoms with Gasteiger partial charge in [-0.1, -0.05) is 54.1 Å². The molecule has 0 atom stereocenters. The van der Waals surface area contributed by atoms with Crippen molar-refractivity contribution in [2.75, 3.05) is 4.72 Å². The fourth-order valence-corrected chi connectivity index (χ4v) is 3.71. The van der Waals surface area contributed by atoms with Crippen LogP contribution in [0.5, 0.6) is 5.75 Å². The minimum Gasteiger partial charge on any atom is -0.405 e. The Bertz CT molecular complexity index is 1080. The highest BCUT2D eigenvalue weighted by Gasteiger charge is 2.32. The molecule has 0 aromatic heterocycles. The average molecular weight is 407 g/mol. The molecule has 0 unspecified atom stereocenters. The van der Waals surface area contributed by atoms with Gasteiger partial charge < -0.3 is 4.74 Å². The SMILES string of the molecule is Cc1ccc(S(=O)(=O)Nc2ccccc2-c2ccccc2OC(F)(F)F)cc1. The zero-order valence-electron chi connectivity index (χ0n) is 14.7. The standard InChI is InChI=1S/C20H16F3NO3S/c1-14-10-12-15(13-11-14)28(25,26)24-18-8-4-2-6-16(18)17-7-3-5-9-19(17)27-20(21,22)23/h2-13,24H,1H3. The maximum absolute atomic E-state index is 12.7. The van der Waals surface area contributed by atoms with Crippen LogP contribution >= 0.6 is 0 Å². The van der Waals surface area contributed by atoms with Gasteiger partial charge in [0.1, 0.15) is 5.75 Å². The zero-order valence-corrected chi connectivity index (χ0v) is 15.5. The summed E-state index contributed by atoms with van der Waals surface area (Å²) in [4.78, 5) is 0.0488. The van der Waals surface area contributed by atoms with E-state index in [4.69, 9.17) is 0 Å². The van der Waals surface area contributed by atoms with Crippen LogP contribution in [0.3, 0.4) is 0 Å². The molecule has 0 aliphatic carbocycles. The molecule has 3 aromatic rings. The summed E-state index contributed by atoms with van der Waals surface area (Å²) in [5.74, 6) is -0.419. The van der Waals surface area contributed by atoms with E-state index < -0.39 is 22.1 Å². The van der Waals surface area contributed by atoms with Gasteiger partial charge in [-0.25, -0.2) is 8.42 Å². The highest BCUT2D eigenvalue weighted by molar-refractivity contribution is 7.92. The van der Waals surface area contributed by atoms with Crippen molar-refractivity contribution in [1.82, 2.24) is 0 Å². The maximum Gasteiger partial charge on any atom is 0.573 e. The van der Waals surface area contributed by atoms with E-state index in [1.165, 1.54) is 42.5 Å². The number of ether oxygens (including phenoxy) is 1. The predicted molar refractivity (Wildman–Crippen MR) is 101 cm³/mol. The third-order valence-electron chi connectivity index (χ3n) is 3.91. The van der Waals surface area contributed by atoms with E-state index in [2.05, 4.69) is 9.46 Å². The van der Waals surface area contributed by atoms with Crippen LogP contribution in [0.1, 0.15) is 5.56 Å². The van der Waals surface area contributed by atoms with Crippen LogP contribution in [0.2, 0.25) is 0 Å². The lowest BCUT2D eigenvalue weighted by atomic mass is 10.0. The zero-order chi connectivity index (χ0) is 20.4. The molecule has 0 spiro atoms. The Morgan fingerprint density at radius 3 is 2.04 bits per heavy atom. The number of anilines is 1. The van der Waals surface area contributed by atoms with Crippen LogP contribution in [0.15, 0.2) is 77.7 Å². The fraction of sp³-hybridized carbons (Fsp3) is 0.100. The Morgan fingerprint density at radius 2 is 1.39 bits per heavy atom. The summed E-state index contributed by atoms with van der Waals surface area (Å²) >= 11 is 0. The summed E-state index contributed by atoms with van der Waals surface area (Å²) in [5, 5.41) is 0. The second-order valence-electron chi connectivity index (χ2n) is 6.01. The summed E-state index contributed by atoms with van der Waals surface area (Å²) in [6.07, 6.45) is -4.87. The molecule has 8 heteroatoms. The molecule has 0 radical (unpaired) electrons. The first-order valence-corrected chi connectivity index (χ1v) is 9.68. The maximum atomic E-state index is 12.7. The molecule has 0 aliphatic rings. The Hall–Kier alpha value is -3.00. The van der Waals surface area contributed by atoms with E-state index in [0.717, 1.165) is 5.56 Å². The van der Waals surface area contributed by atoms with Crippen LogP contribution in [0.4, 0.5) is 18.9 Å². The summed E-state index contributed by atoms with van der Waals surface area (Å²) in [5.41, 5.74) is 1.42. The molecule has 0 bridgehead atoms. The lowest BCUT2D eigenvalue weighted by Gasteiger charge is -2.17. The molecule has 4 nitrogen and oxygen atoms in total. The minimum atomic E-state index is -4.87. The number of halogens is 3. The molecule has 3 aromatic carbocycles. The van der Waals surface area contributed by atoms with Gasteiger partial charge in [-0.3, -0.25) is 4.72 Å². The second-order valence-corrected chi connectivity index (χ2v) is 7.69. The first-order valence-electron chi connectivity index (χ1n) is 8.19. The fourth-order valence-electron chi connectivity index (χ4n) is 2.63. The van der Waals surface area contributed by atoms with Crippen molar-refractivity contribution in [3.8, 4) is 16.9 Å². The summed E-state index contributed by atoms with van der Waals surface area (Å²) < 4.78 is 70.1. The van der Waals surface area contributed by atoms with Crippen LogP contribution in [0.25, 0.3) is 11.1 Å². The number of para-hydroxylation sites is 2. The van der Waals surface area contributed by atoms with Gasteiger partial charge in [0.15, 0.2) is 0 Å². The van der Waals surface area contributed by atoms with Crippen LogP contribution in [0, 0.1) is 6.92 Å². The number of alkyl halides is 3. The highest BCUT2D eigenvalue weighted by atomic mass is 32.2. The van der Waals surface area contributed by atoms with Gasteiger partial charge in [0.05, 0.1) is 10.6 Å². The van der Waals surface area contributed by atoms with Crippen molar-refractivity contribution in [3.63, 3.8) is 0 Å². The molecule has 0 saturated carbocycles. The quantitative estimate of drug-likeness (QED) is 0.619. The Labute approximate surface area is 160 Å². The number of nitrogens with one attached hydrogen (secondary N) is 1. The summed E-state index contributed by atoms with van der Waals surface area (Å²) in [7, 11) is -3.92. The number of benzene rings is 3. The third-order valence-corrected chi connectivity index (χ3v) is 5.29. The molecule has 0 amide bonds. The van der Waals surface area contributed by atoms with Gasteiger partial charge in [-0.15, -0.1) is 13.2 Å². The van der Waals surface area contributed by atoms with E-state index in [1.54, 1.807) is 30.3 Å². The number of sulfonamides is 1. The Kier molecular flexibility index (Phi) is 5.33. The second kappa shape index (κ2) is 7.55. The van der Waals surface area contributed by atoms with Crippen molar-refractivity contribution in [2.45, 2.75) is 18.2 Å². The van der Waals surface area contributed by atoms with Crippen molar-refractivity contribution < 1.29 is 26.3 Å². The highest BCUT2D eigenvalue weighted by Crippen LogP contribution is 2.38. The largest absolute Gasteiger partial charge is 0.573 e. The molecular formula is C20H16F3NO3S. The Morgan fingerprint density at radius 1 is 0.821 bits per heavy atom. The van der Waals surface area contributed by atoms with Crippen molar-refractivity contribution in [1.29, 1.82) is 0 Å². The first-order chi connectivity index (χ1) is 13.2. The number of hydrogen-bond acceptors (Lipinski definition) is 3. The van der Waals surface area contributed by atoms with Gasteiger partial charge in [0, 0.05) is 11.1 Å². The van der Waals surface area contributed by atoms with E-state index >= 15 is 0 Å². The molecule has 1 N–H and O–H groups in total. The molecular weight excluding hydrogens is 391 g/mol. The summed E-state index contributed by atoms with van der Waals surface area (Å²) in [6.45, 7) is 1.83. The van der Waals surface area contributed by atoms with E-state index in [0.29, 0.717) is 0 Å². The molecule has 3 rings (SSSR count). The number of hydrogen-bond donors (Lipinski definition) is 1. The number of aryl methyl sites for hydroxylation is 1. The Balaban J connectivity index is 2.03. The summed E-state index contributed by atoms with van der Waals surface area (Å²) in [6, 6.07) is 18.0. The van der Waals surface area contributed by atoms with Gasteiger partial charge >= 0.3 is 6.36 Å². The van der Waals surface area contributed by atoms with Crippen molar-refractivity contribution in [2.24, 2.45) is 0 Å². The molecule has 0 aliphatic heterocycles. The van der Waals surface area contributed by atoms with Crippen molar-refractivity contribution >= 4 is 15.7 Å². The minimum absolute atomic E-state index is 0.0488. The third kappa shape index (κ3) is 4.64. The smallest absolute Gasteiger partial charge is 0.405 e. The molecule has 146 valence electrons. The molecule has 0 fully saturated rings. The lowest BCUT2D eigenvalue weighted by Crippen LogP contribution is -2.18. The van der Waals surface area contributed by atoms with Crippen LogP contribution in [-0.2, 0) is 10.0 Å². The van der Waals surface area contributed by atoms with E-state index in [1.807, 2.05) is 6.92 Å². The monoisotopic (exact) mass is 407 g/mol. The predicted octanol–water partition coefficient (Wildman–Crippen LogP) is 5.36. The van der Waals surface area contributed by atoms with Crippen molar-refractivity contribution in [3.05, 3.63) is 78.4 Å². The van der Waals surface area contributed by atoms with Gasteiger partial charge in [-0.2, -0.15) is 0 Å². The van der Waals surface area contributed by atoms with Crippen LogP contribution < -0.4 is 9.46 Å². The molecule has 0 heterocycles. The van der Waals surface area contributed by atoms with Gasteiger partial charge in [-0.05, 0) is 31.2 Å². The molecule has 0 saturated heterocycles. The van der Waals surface area contributed by atoms with Gasteiger partial charge in [0.25, 0.3) is 10.0 Å². The first kappa shape index (κ1) is 19.8. The van der Waals surface area contributed by atoms with Gasteiger partial charge in [0.2, 0.25) is 0 Å². The average Bonchev–Trinajstić information content (AvgIpc) is 2.62. The van der Waals surface area contributed by atoms with E-state index in [-0.39, 0.29) is 21.7 Å². The normalized spacial score (nSPS) is 11.9. The lowest BCUT2D eigenvalue weighted by molar-refractivity contribution is -0.274.